The van der Waals surface area contributed by atoms with Crippen molar-refractivity contribution < 1.29 is 14.7 Å². The van der Waals surface area contributed by atoms with Crippen molar-refractivity contribution in [2.45, 2.75) is 74.7 Å². The Kier molecular flexibility index (Phi) is 7.14. The van der Waals surface area contributed by atoms with E-state index >= 15 is 0 Å². The summed E-state index contributed by atoms with van der Waals surface area (Å²) < 4.78 is 2.14. The van der Waals surface area contributed by atoms with Crippen LogP contribution in [0.25, 0.3) is 16.9 Å². The molecule has 1 spiro atoms. The third kappa shape index (κ3) is 4.63. The largest absolute Gasteiger partial charge is 0.480 e. The van der Waals surface area contributed by atoms with Crippen LogP contribution in [0.3, 0.4) is 0 Å². The minimum atomic E-state index is -0.969. The van der Waals surface area contributed by atoms with Crippen molar-refractivity contribution in [3.63, 3.8) is 0 Å². The number of likely N-dealkylation sites (tertiary alicyclic amines) is 1. The number of rotatable bonds is 6. The quantitative estimate of drug-likeness (QED) is 0.390. The molecular formula is C30H34BrN5O3. The van der Waals surface area contributed by atoms with Crippen molar-refractivity contribution >= 4 is 44.6 Å². The second-order valence-corrected chi connectivity index (χ2v) is 12.2. The third-order valence-electron chi connectivity index (χ3n) is 8.85. The second-order valence-electron chi connectivity index (χ2n) is 11.3. The lowest BCUT2D eigenvalue weighted by atomic mass is 9.58. The SMILES string of the molecule is CN1CCCC[C@@H]1c1nc2cccnc2n1-c1ccc(C[C@H](N=C2C(Br)C(=O)C23CCCCC3)C(=O)O)cc1. The summed E-state index contributed by atoms with van der Waals surface area (Å²) in [7, 11) is 2.15. The van der Waals surface area contributed by atoms with Crippen molar-refractivity contribution in [3.8, 4) is 5.69 Å². The van der Waals surface area contributed by atoms with Crippen molar-refractivity contribution in [1.82, 2.24) is 19.4 Å². The average Bonchev–Trinajstić information content (AvgIpc) is 3.35. The number of halogens is 1. The van der Waals surface area contributed by atoms with Crippen LogP contribution in [0.5, 0.6) is 0 Å². The number of ketones is 1. The maximum atomic E-state index is 12.8. The molecule has 0 bridgehead atoms. The molecule has 0 amide bonds. The molecular weight excluding hydrogens is 558 g/mol. The Hall–Kier alpha value is -2.91. The molecule has 6 rings (SSSR count). The molecule has 2 saturated carbocycles. The predicted molar refractivity (Wildman–Crippen MR) is 154 cm³/mol. The highest BCUT2D eigenvalue weighted by Gasteiger charge is 2.58. The molecule has 8 nitrogen and oxygen atoms in total. The highest BCUT2D eigenvalue weighted by Crippen LogP contribution is 2.49. The van der Waals surface area contributed by atoms with Gasteiger partial charge < -0.3 is 5.11 Å². The molecule has 3 aliphatic rings. The van der Waals surface area contributed by atoms with Gasteiger partial charge in [0.05, 0.1) is 11.5 Å². The summed E-state index contributed by atoms with van der Waals surface area (Å²) in [5.74, 6) is 0.184. The van der Waals surface area contributed by atoms with Crippen molar-refractivity contribution in [2.75, 3.05) is 13.6 Å². The van der Waals surface area contributed by atoms with Crippen LogP contribution >= 0.6 is 15.9 Å². The Morgan fingerprint density at radius 1 is 1.15 bits per heavy atom. The van der Waals surface area contributed by atoms with E-state index in [2.05, 4.69) is 37.4 Å². The van der Waals surface area contributed by atoms with Gasteiger partial charge in [0, 0.05) is 24.0 Å². The fraction of sp³-hybridized carbons (Fsp3) is 0.500. The molecule has 39 heavy (non-hydrogen) atoms. The first-order valence-corrected chi connectivity index (χ1v) is 14.9. The fourth-order valence-corrected chi connectivity index (χ4v) is 7.67. The van der Waals surface area contributed by atoms with Crippen molar-refractivity contribution in [3.05, 3.63) is 54.0 Å². The highest BCUT2D eigenvalue weighted by molar-refractivity contribution is 9.10. The first kappa shape index (κ1) is 26.3. The topological polar surface area (TPSA) is 101 Å². The number of benzene rings is 1. The number of carbonyl (C=O) groups excluding carboxylic acids is 1. The lowest BCUT2D eigenvalue weighted by Crippen LogP contribution is -2.61. The number of aliphatic imine (C=N–C) groups is 1. The number of hydrogen-bond acceptors (Lipinski definition) is 6. The van der Waals surface area contributed by atoms with Crippen molar-refractivity contribution in [1.29, 1.82) is 0 Å². The van der Waals surface area contributed by atoms with Crippen LogP contribution in [-0.2, 0) is 16.0 Å². The number of carboxylic acid groups (broad SMARTS) is 1. The van der Waals surface area contributed by atoms with E-state index < -0.39 is 22.3 Å². The van der Waals surface area contributed by atoms with Gasteiger partial charge in [-0.05, 0) is 69.1 Å². The van der Waals surface area contributed by atoms with Gasteiger partial charge in [-0.25, -0.2) is 14.8 Å². The molecule has 3 aromatic rings. The lowest BCUT2D eigenvalue weighted by molar-refractivity contribution is -0.138. The van der Waals surface area contributed by atoms with E-state index in [0.29, 0.717) is 0 Å². The number of aromatic nitrogens is 3. The number of aliphatic carboxylic acids is 1. The van der Waals surface area contributed by atoms with Gasteiger partial charge in [0.2, 0.25) is 0 Å². The van der Waals surface area contributed by atoms with Gasteiger partial charge in [-0.1, -0.05) is 53.7 Å². The van der Waals surface area contributed by atoms with Crippen LogP contribution in [0.4, 0.5) is 0 Å². The van der Waals surface area contributed by atoms with E-state index in [-0.39, 0.29) is 18.2 Å². The van der Waals surface area contributed by atoms with Gasteiger partial charge in [-0.2, -0.15) is 0 Å². The molecule has 2 aromatic heterocycles. The first-order chi connectivity index (χ1) is 18.9. The molecule has 9 heteroatoms. The van der Waals surface area contributed by atoms with Gasteiger partial charge in [-0.15, -0.1) is 0 Å². The molecule has 2 aliphatic carbocycles. The summed E-state index contributed by atoms with van der Waals surface area (Å²) >= 11 is 3.47. The molecule has 1 aliphatic heterocycles. The number of piperidine rings is 1. The number of hydrogen-bond donors (Lipinski definition) is 1. The maximum absolute atomic E-state index is 12.8. The molecule has 1 aromatic carbocycles. The fourth-order valence-electron chi connectivity index (χ4n) is 6.67. The minimum absolute atomic E-state index is 0.162. The predicted octanol–water partition coefficient (Wildman–Crippen LogP) is 5.31. The van der Waals surface area contributed by atoms with Gasteiger partial charge in [0.15, 0.2) is 17.5 Å². The smallest absolute Gasteiger partial charge is 0.328 e. The zero-order chi connectivity index (χ0) is 27.1. The molecule has 204 valence electrons. The number of Topliss-reactive ketones (excluding diaryl/α,β-unsaturated/α-hetero) is 1. The Balaban J connectivity index is 1.29. The van der Waals surface area contributed by atoms with Crippen LogP contribution in [0.2, 0.25) is 0 Å². The minimum Gasteiger partial charge on any atom is -0.480 e. The number of pyridine rings is 1. The maximum Gasteiger partial charge on any atom is 0.328 e. The number of carbonyl (C=O) groups is 2. The third-order valence-corrected chi connectivity index (χ3v) is 9.70. The standard InChI is InChI=1S/C30H34BrN5O3/c1-35-17-6-3-9-23(35)28-34-21-8-7-16-32-27(21)36(28)20-12-10-19(11-13-20)18-22(29(38)39)33-25-24(31)26(37)30(25)14-4-2-5-15-30/h7-8,10-13,16,22-24H,2-6,9,14-15,17-18H2,1H3,(H,38,39)/t22-,23+,24?/m0/s1. The Morgan fingerprint density at radius 3 is 2.64 bits per heavy atom. The summed E-state index contributed by atoms with van der Waals surface area (Å²) in [4.78, 5) is 41.3. The number of alkyl halides is 1. The number of nitrogens with zero attached hydrogens (tertiary/aromatic N) is 5. The molecule has 1 N–H and O–H groups in total. The Morgan fingerprint density at radius 2 is 1.92 bits per heavy atom. The summed E-state index contributed by atoms with van der Waals surface area (Å²) in [6, 6.07) is 11.2. The van der Waals surface area contributed by atoms with Crippen LogP contribution < -0.4 is 0 Å². The zero-order valence-corrected chi connectivity index (χ0v) is 23.8. The summed E-state index contributed by atoms with van der Waals surface area (Å²) in [5.41, 5.74) is 3.71. The van der Waals surface area contributed by atoms with Crippen molar-refractivity contribution in [2.24, 2.45) is 10.4 Å². The van der Waals surface area contributed by atoms with Gasteiger partial charge in [0.1, 0.15) is 16.2 Å². The van der Waals surface area contributed by atoms with Gasteiger partial charge in [0.25, 0.3) is 0 Å². The molecule has 3 fully saturated rings. The van der Waals surface area contributed by atoms with E-state index in [1.807, 2.05) is 36.4 Å². The molecule has 0 radical (unpaired) electrons. The summed E-state index contributed by atoms with van der Waals surface area (Å²) in [6.07, 6.45) is 10.1. The summed E-state index contributed by atoms with van der Waals surface area (Å²) in [5, 5.41) is 10.0. The van der Waals surface area contributed by atoms with Gasteiger partial charge >= 0.3 is 5.97 Å². The second kappa shape index (κ2) is 10.6. The average molecular weight is 593 g/mol. The number of carboxylic acids is 1. The molecule has 3 heterocycles. The monoisotopic (exact) mass is 591 g/mol. The molecule has 1 unspecified atom stereocenters. The number of imidazole rings is 1. The van der Waals surface area contributed by atoms with Crippen LogP contribution in [0.15, 0.2) is 47.6 Å². The van der Waals surface area contributed by atoms with E-state index in [1.165, 1.54) is 12.8 Å². The van der Waals surface area contributed by atoms with Crippen LogP contribution in [-0.4, -0.2) is 66.5 Å². The zero-order valence-electron chi connectivity index (χ0n) is 22.2. The van der Waals surface area contributed by atoms with Crippen LogP contribution in [0.1, 0.15) is 68.8 Å². The van der Waals surface area contributed by atoms with Crippen LogP contribution in [0, 0.1) is 5.41 Å². The van der Waals surface area contributed by atoms with E-state index in [9.17, 15) is 14.7 Å². The Bertz CT molecular complexity index is 1430. The Labute approximate surface area is 236 Å². The van der Waals surface area contributed by atoms with E-state index in [0.717, 1.165) is 79.0 Å². The lowest BCUT2D eigenvalue weighted by Gasteiger charge is -2.47. The number of fused-ring (bicyclic) bond motifs is 1. The van der Waals surface area contributed by atoms with E-state index in [1.54, 1.807) is 6.20 Å². The first-order valence-electron chi connectivity index (χ1n) is 14.0. The summed E-state index contributed by atoms with van der Waals surface area (Å²) in [6.45, 7) is 1.04. The molecule has 3 atom stereocenters. The van der Waals surface area contributed by atoms with Gasteiger partial charge in [-0.3, -0.25) is 19.3 Å². The normalized spacial score (nSPS) is 25.2. The highest BCUT2D eigenvalue weighted by atomic mass is 79.9. The van der Waals surface area contributed by atoms with E-state index in [4.69, 9.17) is 9.98 Å². The molecule has 1 saturated heterocycles.